The van der Waals surface area contributed by atoms with Gasteiger partial charge in [-0.25, -0.2) is 0 Å². The highest BCUT2D eigenvalue weighted by atomic mass is 16.2. The van der Waals surface area contributed by atoms with Gasteiger partial charge in [-0.2, -0.15) is 5.10 Å². The molecule has 94 valence electrons. The van der Waals surface area contributed by atoms with Gasteiger partial charge in [-0.15, -0.1) is 0 Å². The molecule has 1 aliphatic rings. The molecule has 0 aromatic carbocycles. The van der Waals surface area contributed by atoms with Crippen molar-refractivity contribution in [2.24, 2.45) is 0 Å². The Morgan fingerprint density at radius 1 is 1.29 bits per heavy atom. The summed E-state index contributed by atoms with van der Waals surface area (Å²) in [5, 5.41) is 6.97. The first-order chi connectivity index (χ1) is 8.11. The smallest absolute Gasteiger partial charge is 0.257 e. The van der Waals surface area contributed by atoms with Crippen LogP contribution in [0.25, 0.3) is 0 Å². The molecule has 1 aliphatic carbocycles. The Morgan fingerprint density at radius 2 is 1.94 bits per heavy atom. The van der Waals surface area contributed by atoms with Crippen LogP contribution < -0.4 is 0 Å². The van der Waals surface area contributed by atoms with E-state index < -0.39 is 0 Å². The quantitative estimate of drug-likeness (QED) is 0.856. The standard InChI is InChI=1S/C13H21N3O/c1-9-12(10(2)15-14-9)13(17)16(3)11-7-5-4-6-8-11/h11H,4-8H2,1-3H3,(H,14,15). The van der Waals surface area contributed by atoms with E-state index in [0.29, 0.717) is 6.04 Å². The third-order valence-electron chi connectivity index (χ3n) is 3.78. The minimum absolute atomic E-state index is 0.112. The number of H-pyrrole nitrogens is 1. The lowest BCUT2D eigenvalue weighted by Gasteiger charge is -2.31. The largest absolute Gasteiger partial charge is 0.339 e. The summed E-state index contributed by atoms with van der Waals surface area (Å²) in [5.74, 6) is 0.112. The van der Waals surface area contributed by atoms with Gasteiger partial charge in [-0.3, -0.25) is 9.89 Å². The first-order valence-corrected chi connectivity index (χ1v) is 6.40. The second-order valence-electron chi connectivity index (χ2n) is 5.02. The molecular formula is C13H21N3O. The average Bonchev–Trinajstić information content (AvgIpc) is 2.68. The topological polar surface area (TPSA) is 49.0 Å². The minimum Gasteiger partial charge on any atom is -0.339 e. The van der Waals surface area contributed by atoms with E-state index in [4.69, 9.17) is 0 Å². The van der Waals surface area contributed by atoms with Crippen LogP contribution in [0.2, 0.25) is 0 Å². The van der Waals surface area contributed by atoms with Crippen LogP contribution in [-0.2, 0) is 0 Å². The van der Waals surface area contributed by atoms with Crippen molar-refractivity contribution < 1.29 is 4.79 Å². The summed E-state index contributed by atoms with van der Waals surface area (Å²) >= 11 is 0. The van der Waals surface area contributed by atoms with E-state index in [9.17, 15) is 4.79 Å². The molecule has 1 amide bonds. The van der Waals surface area contributed by atoms with E-state index in [2.05, 4.69) is 10.2 Å². The van der Waals surface area contributed by atoms with Crippen LogP contribution in [0.5, 0.6) is 0 Å². The Balaban J connectivity index is 2.14. The molecule has 0 spiro atoms. The molecule has 0 unspecified atom stereocenters. The molecule has 17 heavy (non-hydrogen) atoms. The number of nitrogens with zero attached hydrogens (tertiary/aromatic N) is 2. The minimum atomic E-state index is 0.112. The van der Waals surface area contributed by atoms with E-state index in [-0.39, 0.29) is 5.91 Å². The zero-order valence-corrected chi connectivity index (χ0v) is 10.9. The summed E-state index contributed by atoms with van der Waals surface area (Å²) in [7, 11) is 1.92. The predicted octanol–water partition coefficient (Wildman–Crippen LogP) is 2.43. The second kappa shape index (κ2) is 4.90. The molecule has 1 aromatic rings. The van der Waals surface area contributed by atoms with Gasteiger partial charge in [-0.1, -0.05) is 19.3 Å². The number of carbonyl (C=O) groups is 1. The number of nitrogens with one attached hydrogen (secondary N) is 1. The Kier molecular flexibility index (Phi) is 3.50. The monoisotopic (exact) mass is 235 g/mol. The molecule has 4 nitrogen and oxygen atoms in total. The molecule has 1 aromatic heterocycles. The van der Waals surface area contributed by atoms with Crippen LogP contribution in [0.15, 0.2) is 0 Å². The highest BCUT2D eigenvalue weighted by Crippen LogP contribution is 2.23. The number of aromatic nitrogens is 2. The van der Waals surface area contributed by atoms with Crippen LogP contribution in [0.4, 0.5) is 0 Å². The van der Waals surface area contributed by atoms with Crippen molar-refractivity contribution in [3.05, 3.63) is 17.0 Å². The fraction of sp³-hybridized carbons (Fsp3) is 0.692. The fourth-order valence-electron chi connectivity index (χ4n) is 2.68. The van der Waals surface area contributed by atoms with Crippen molar-refractivity contribution in [1.29, 1.82) is 0 Å². The van der Waals surface area contributed by atoms with Crippen LogP contribution in [0, 0.1) is 13.8 Å². The number of amides is 1. The third kappa shape index (κ3) is 2.35. The lowest BCUT2D eigenvalue weighted by atomic mass is 9.94. The molecule has 0 aliphatic heterocycles. The Hall–Kier alpha value is -1.32. The molecule has 0 saturated heterocycles. The molecule has 4 heteroatoms. The SMILES string of the molecule is Cc1n[nH]c(C)c1C(=O)N(C)C1CCCCC1. The highest BCUT2D eigenvalue weighted by molar-refractivity contribution is 5.96. The van der Waals surface area contributed by atoms with Gasteiger partial charge in [0.1, 0.15) is 0 Å². The fourth-order valence-corrected chi connectivity index (χ4v) is 2.68. The van der Waals surface area contributed by atoms with E-state index in [1.165, 1.54) is 19.3 Å². The van der Waals surface area contributed by atoms with Crippen molar-refractivity contribution in [1.82, 2.24) is 15.1 Å². The first-order valence-electron chi connectivity index (χ1n) is 6.40. The number of carbonyl (C=O) groups excluding carboxylic acids is 1. The van der Waals surface area contributed by atoms with Gasteiger partial charge in [0, 0.05) is 18.8 Å². The second-order valence-corrected chi connectivity index (χ2v) is 5.02. The predicted molar refractivity (Wildman–Crippen MR) is 67.0 cm³/mol. The number of hydrogen-bond donors (Lipinski definition) is 1. The Labute approximate surface area is 102 Å². The van der Waals surface area contributed by atoms with Crippen molar-refractivity contribution in [2.75, 3.05) is 7.05 Å². The van der Waals surface area contributed by atoms with Crippen LogP contribution in [0.1, 0.15) is 53.8 Å². The van der Waals surface area contributed by atoms with Crippen molar-refractivity contribution in [3.63, 3.8) is 0 Å². The maximum absolute atomic E-state index is 12.4. The van der Waals surface area contributed by atoms with Gasteiger partial charge >= 0.3 is 0 Å². The van der Waals surface area contributed by atoms with Crippen LogP contribution >= 0.6 is 0 Å². The molecular weight excluding hydrogens is 214 g/mol. The summed E-state index contributed by atoms with van der Waals surface area (Å²) in [5.41, 5.74) is 2.42. The number of aromatic amines is 1. The van der Waals surface area contributed by atoms with Gasteiger partial charge < -0.3 is 4.90 Å². The zero-order valence-electron chi connectivity index (χ0n) is 10.9. The summed E-state index contributed by atoms with van der Waals surface area (Å²) in [6.07, 6.45) is 6.07. The van der Waals surface area contributed by atoms with Gasteiger partial charge in [0.25, 0.3) is 5.91 Å². The van der Waals surface area contributed by atoms with E-state index in [1.807, 2.05) is 25.8 Å². The normalized spacial score (nSPS) is 17.1. The molecule has 1 fully saturated rings. The van der Waals surface area contributed by atoms with E-state index >= 15 is 0 Å². The molecule has 0 atom stereocenters. The Morgan fingerprint density at radius 3 is 2.47 bits per heavy atom. The maximum atomic E-state index is 12.4. The van der Waals surface area contributed by atoms with E-state index in [1.54, 1.807) is 0 Å². The maximum Gasteiger partial charge on any atom is 0.257 e. The third-order valence-corrected chi connectivity index (χ3v) is 3.78. The molecule has 1 saturated carbocycles. The Bertz CT molecular complexity index is 385. The lowest BCUT2D eigenvalue weighted by molar-refractivity contribution is 0.0695. The van der Waals surface area contributed by atoms with E-state index in [0.717, 1.165) is 29.8 Å². The lowest BCUT2D eigenvalue weighted by Crippen LogP contribution is -2.38. The van der Waals surface area contributed by atoms with Gasteiger partial charge in [-0.05, 0) is 26.7 Å². The van der Waals surface area contributed by atoms with Crippen molar-refractivity contribution in [3.8, 4) is 0 Å². The van der Waals surface area contributed by atoms with Gasteiger partial charge in [0.15, 0.2) is 0 Å². The summed E-state index contributed by atoms with van der Waals surface area (Å²) < 4.78 is 0. The molecule has 0 radical (unpaired) electrons. The molecule has 1 heterocycles. The number of aryl methyl sites for hydroxylation is 2. The molecule has 1 N–H and O–H groups in total. The van der Waals surface area contributed by atoms with Crippen molar-refractivity contribution >= 4 is 5.91 Å². The van der Waals surface area contributed by atoms with Crippen LogP contribution in [0.3, 0.4) is 0 Å². The van der Waals surface area contributed by atoms with Gasteiger partial charge in [0.05, 0.1) is 11.3 Å². The zero-order chi connectivity index (χ0) is 12.4. The average molecular weight is 235 g/mol. The van der Waals surface area contributed by atoms with Gasteiger partial charge in [0.2, 0.25) is 0 Å². The summed E-state index contributed by atoms with van der Waals surface area (Å²) in [6.45, 7) is 3.79. The summed E-state index contributed by atoms with van der Waals surface area (Å²) in [6, 6.07) is 0.407. The highest BCUT2D eigenvalue weighted by Gasteiger charge is 2.25. The van der Waals surface area contributed by atoms with Crippen molar-refractivity contribution in [2.45, 2.75) is 52.0 Å². The molecule has 2 rings (SSSR count). The summed E-state index contributed by atoms with van der Waals surface area (Å²) in [4.78, 5) is 14.3. The molecule has 0 bridgehead atoms. The number of hydrogen-bond acceptors (Lipinski definition) is 2. The first kappa shape index (κ1) is 12.1. The van der Waals surface area contributed by atoms with Crippen LogP contribution in [-0.4, -0.2) is 34.1 Å². The number of rotatable bonds is 2.